The van der Waals surface area contributed by atoms with Crippen molar-refractivity contribution in [2.75, 3.05) is 13.1 Å². The number of aromatic nitrogens is 3. The summed E-state index contributed by atoms with van der Waals surface area (Å²) in [6, 6.07) is 13.2. The first-order valence-electron chi connectivity index (χ1n) is 12.2. The number of aliphatic hydroxyl groups is 1. The van der Waals surface area contributed by atoms with Crippen LogP contribution in [0.3, 0.4) is 0 Å². The zero-order valence-corrected chi connectivity index (χ0v) is 22.8. The Balaban J connectivity index is 1.54. The summed E-state index contributed by atoms with van der Waals surface area (Å²) in [5.74, 6) is -0.00207. The second-order valence-electron chi connectivity index (χ2n) is 9.35. The van der Waals surface area contributed by atoms with Crippen molar-refractivity contribution < 1.29 is 23.1 Å². The summed E-state index contributed by atoms with van der Waals surface area (Å²) >= 11 is 1.36. The fraction of sp³-hybridized carbons (Fsp3) is 0.346. The number of nitrogens with zero attached hydrogens (tertiary/aromatic N) is 3. The Labute approximate surface area is 225 Å². The quantitative estimate of drug-likeness (QED) is 0.242. The van der Waals surface area contributed by atoms with Gasteiger partial charge in [0.05, 0.1) is 44.8 Å². The Hall–Kier alpha value is -3.32. The van der Waals surface area contributed by atoms with E-state index in [4.69, 9.17) is 4.74 Å². The van der Waals surface area contributed by atoms with Gasteiger partial charge in [0.15, 0.2) is 0 Å². The van der Waals surface area contributed by atoms with Gasteiger partial charge >= 0.3 is 6.09 Å². The van der Waals surface area contributed by atoms with E-state index in [1.54, 1.807) is 17.8 Å². The van der Waals surface area contributed by atoms with Gasteiger partial charge in [0.2, 0.25) is 10.0 Å². The van der Waals surface area contributed by atoms with Crippen LogP contribution in [-0.2, 0) is 27.8 Å². The molecule has 0 fully saturated rings. The van der Waals surface area contributed by atoms with Gasteiger partial charge in [-0.05, 0) is 36.1 Å². The standard InChI is InChI=1S/C26H31N5O5S2/c1-18(2)13-31(38(34,35)21-8-9-22-23(11-21)29-16-28-22)14-25(32)24(10-19-6-4-3-5-7-19)30-26(33)36-15-20-12-27-17-37-20/h3-9,11-12,16-18,24-25,32H,10,13-15H2,1-2H3,(H,28,29)(H,30,33)/t24-,25+/m0/s1. The highest BCUT2D eigenvalue weighted by atomic mass is 32.2. The average Bonchev–Trinajstić information content (AvgIpc) is 3.58. The van der Waals surface area contributed by atoms with Crippen LogP contribution in [0.4, 0.5) is 4.79 Å². The van der Waals surface area contributed by atoms with Crippen molar-refractivity contribution in [3.05, 3.63) is 77.0 Å². The van der Waals surface area contributed by atoms with E-state index in [2.05, 4.69) is 20.3 Å². The third-order valence-corrected chi connectivity index (χ3v) is 8.46. The number of hydrogen-bond donors (Lipinski definition) is 3. The van der Waals surface area contributed by atoms with E-state index < -0.39 is 28.3 Å². The summed E-state index contributed by atoms with van der Waals surface area (Å²) in [6.45, 7) is 3.84. The van der Waals surface area contributed by atoms with Gasteiger partial charge in [-0.2, -0.15) is 4.31 Å². The van der Waals surface area contributed by atoms with Gasteiger partial charge in [0.25, 0.3) is 0 Å². The molecule has 0 saturated carbocycles. The van der Waals surface area contributed by atoms with Gasteiger partial charge in [-0.3, -0.25) is 4.98 Å². The number of imidazole rings is 1. The SMILES string of the molecule is CC(C)CN(C[C@@H](O)[C@H](Cc1ccccc1)NC(=O)OCc1cncs1)S(=O)(=O)c1ccc2nc[nH]c2c1. The normalized spacial score (nSPS) is 13.6. The lowest BCUT2D eigenvalue weighted by Crippen LogP contribution is -2.51. The van der Waals surface area contributed by atoms with Crippen LogP contribution in [0.25, 0.3) is 11.0 Å². The molecular formula is C26H31N5O5S2. The number of rotatable bonds is 12. The number of benzene rings is 2. The maximum absolute atomic E-state index is 13.7. The molecule has 0 bridgehead atoms. The van der Waals surface area contributed by atoms with Gasteiger partial charge in [0.1, 0.15) is 6.61 Å². The highest BCUT2D eigenvalue weighted by Gasteiger charge is 2.32. The van der Waals surface area contributed by atoms with Crippen molar-refractivity contribution >= 4 is 38.5 Å². The van der Waals surface area contributed by atoms with Gasteiger partial charge < -0.3 is 20.1 Å². The van der Waals surface area contributed by atoms with E-state index in [9.17, 15) is 18.3 Å². The van der Waals surface area contributed by atoms with E-state index in [-0.39, 0.29) is 36.9 Å². The lowest BCUT2D eigenvalue weighted by molar-refractivity contribution is 0.0876. The van der Waals surface area contributed by atoms with Crippen molar-refractivity contribution in [1.29, 1.82) is 0 Å². The lowest BCUT2D eigenvalue weighted by atomic mass is 10.0. The number of alkyl carbamates (subject to hydrolysis) is 1. The molecule has 0 aliphatic carbocycles. The molecule has 202 valence electrons. The Bertz CT molecular complexity index is 1420. The number of amides is 1. The van der Waals surface area contributed by atoms with Crippen molar-refractivity contribution in [3.63, 3.8) is 0 Å². The molecular weight excluding hydrogens is 526 g/mol. The van der Waals surface area contributed by atoms with Crippen LogP contribution in [0.2, 0.25) is 0 Å². The van der Waals surface area contributed by atoms with Crippen LogP contribution in [0.1, 0.15) is 24.3 Å². The summed E-state index contributed by atoms with van der Waals surface area (Å²) < 4.78 is 33.9. The maximum Gasteiger partial charge on any atom is 0.407 e. The fourth-order valence-corrected chi connectivity index (χ4v) is 6.19. The molecule has 2 aromatic carbocycles. The minimum atomic E-state index is -3.96. The molecule has 1 amide bonds. The fourth-order valence-electron chi connectivity index (χ4n) is 4.03. The number of aromatic amines is 1. The minimum Gasteiger partial charge on any atom is -0.444 e. The number of fused-ring (bicyclic) bond motifs is 1. The molecule has 2 atom stereocenters. The van der Waals surface area contributed by atoms with Crippen molar-refractivity contribution in [2.45, 2.75) is 43.9 Å². The first-order chi connectivity index (χ1) is 18.2. The number of carbonyl (C=O) groups is 1. The van der Waals surface area contributed by atoms with Gasteiger partial charge in [-0.25, -0.2) is 18.2 Å². The molecule has 4 rings (SSSR count). The molecule has 0 unspecified atom stereocenters. The second kappa shape index (κ2) is 12.5. The monoisotopic (exact) mass is 557 g/mol. The molecule has 38 heavy (non-hydrogen) atoms. The average molecular weight is 558 g/mol. The topological polar surface area (TPSA) is 138 Å². The van der Waals surface area contributed by atoms with Gasteiger partial charge in [-0.15, -0.1) is 11.3 Å². The molecule has 2 heterocycles. The highest BCUT2D eigenvalue weighted by Crippen LogP contribution is 2.22. The molecule has 4 aromatic rings. The van der Waals surface area contributed by atoms with Gasteiger partial charge in [-0.1, -0.05) is 44.2 Å². The van der Waals surface area contributed by atoms with Crippen LogP contribution in [-0.4, -0.2) is 64.1 Å². The third kappa shape index (κ3) is 7.16. The van der Waals surface area contributed by atoms with E-state index >= 15 is 0 Å². The van der Waals surface area contributed by atoms with E-state index in [1.165, 1.54) is 34.1 Å². The zero-order chi connectivity index (χ0) is 27.1. The Morgan fingerprint density at radius 3 is 2.68 bits per heavy atom. The molecule has 0 aliphatic rings. The number of thiazole rings is 1. The Kier molecular flexibility index (Phi) is 9.10. The summed E-state index contributed by atoms with van der Waals surface area (Å²) in [5.41, 5.74) is 3.78. The molecule has 12 heteroatoms. The van der Waals surface area contributed by atoms with Crippen LogP contribution in [0, 0.1) is 5.92 Å². The minimum absolute atomic E-state index is 0.00207. The highest BCUT2D eigenvalue weighted by molar-refractivity contribution is 7.89. The van der Waals surface area contributed by atoms with Crippen LogP contribution in [0.5, 0.6) is 0 Å². The Morgan fingerprint density at radius 2 is 1.97 bits per heavy atom. The first-order valence-corrected chi connectivity index (χ1v) is 14.5. The number of H-pyrrole nitrogens is 1. The number of sulfonamides is 1. The molecule has 3 N–H and O–H groups in total. The van der Waals surface area contributed by atoms with Crippen molar-refractivity contribution in [3.8, 4) is 0 Å². The molecule has 0 aliphatic heterocycles. The smallest absolute Gasteiger partial charge is 0.407 e. The van der Waals surface area contributed by atoms with E-state index in [1.807, 2.05) is 44.2 Å². The third-order valence-electron chi connectivity index (χ3n) is 5.88. The van der Waals surface area contributed by atoms with Crippen LogP contribution < -0.4 is 5.32 Å². The summed E-state index contributed by atoms with van der Waals surface area (Å²) in [4.78, 5) is 24.5. The first kappa shape index (κ1) is 27.7. The summed E-state index contributed by atoms with van der Waals surface area (Å²) in [6.07, 6.45) is 1.48. The van der Waals surface area contributed by atoms with Crippen LogP contribution >= 0.6 is 11.3 Å². The number of carbonyl (C=O) groups excluding carboxylic acids is 1. The predicted molar refractivity (Wildman–Crippen MR) is 145 cm³/mol. The zero-order valence-electron chi connectivity index (χ0n) is 21.1. The molecule has 10 nitrogen and oxygen atoms in total. The largest absolute Gasteiger partial charge is 0.444 e. The molecule has 0 saturated heterocycles. The molecule has 0 radical (unpaired) electrons. The number of hydrogen-bond acceptors (Lipinski definition) is 8. The van der Waals surface area contributed by atoms with Crippen LogP contribution in [0.15, 0.2) is 71.5 Å². The van der Waals surface area contributed by atoms with E-state index in [0.29, 0.717) is 11.0 Å². The van der Waals surface area contributed by atoms with E-state index in [0.717, 1.165) is 10.4 Å². The van der Waals surface area contributed by atoms with Gasteiger partial charge in [0, 0.05) is 19.3 Å². The molecule has 2 aromatic heterocycles. The summed E-state index contributed by atoms with van der Waals surface area (Å²) in [7, 11) is -3.96. The second-order valence-corrected chi connectivity index (χ2v) is 12.3. The predicted octanol–water partition coefficient (Wildman–Crippen LogP) is 3.56. The number of aliphatic hydroxyl groups excluding tert-OH is 1. The maximum atomic E-state index is 13.7. The lowest BCUT2D eigenvalue weighted by Gasteiger charge is -2.30. The number of ether oxygens (including phenoxy) is 1. The molecule has 0 spiro atoms. The van der Waals surface area contributed by atoms with Crippen molar-refractivity contribution in [2.24, 2.45) is 5.92 Å². The van der Waals surface area contributed by atoms with Crippen molar-refractivity contribution in [1.82, 2.24) is 24.6 Å². The number of nitrogens with one attached hydrogen (secondary N) is 2. The Morgan fingerprint density at radius 1 is 1.18 bits per heavy atom. The summed E-state index contributed by atoms with van der Waals surface area (Å²) in [5, 5.41) is 14.0.